The lowest BCUT2D eigenvalue weighted by Crippen LogP contribution is -2.04. The summed E-state index contributed by atoms with van der Waals surface area (Å²) in [5, 5.41) is 13.7. The molecular weight excluding hydrogens is 270 g/mol. The van der Waals surface area contributed by atoms with Crippen molar-refractivity contribution in [3.8, 4) is 5.75 Å². The summed E-state index contributed by atoms with van der Waals surface area (Å²) < 4.78 is 5.23. The van der Waals surface area contributed by atoms with Gasteiger partial charge in [0.1, 0.15) is 5.75 Å². The van der Waals surface area contributed by atoms with Gasteiger partial charge in [-0.25, -0.2) is 4.98 Å². The van der Waals surface area contributed by atoms with Crippen molar-refractivity contribution >= 4 is 22.9 Å². The van der Waals surface area contributed by atoms with Gasteiger partial charge < -0.3 is 9.84 Å². The van der Waals surface area contributed by atoms with E-state index in [4.69, 9.17) is 16.3 Å². The maximum Gasteiger partial charge on any atom is 0.126 e. The largest absolute Gasteiger partial charge is 0.496 e. The Kier molecular flexibility index (Phi) is 4.22. The molecule has 0 saturated heterocycles. The number of hydrogen-bond acceptors (Lipinski definition) is 4. The second-order valence-electron chi connectivity index (χ2n) is 3.99. The SMILES string of the molecule is COc1cc(Cl)ccc1C(O)Cc1nc(C)cs1. The van der Waals surface area contributed by atoms with Crippen LogP contribution in [0.2, 0.25) is 5.02 Å². The van der Waals surface area contributed by atoms with Gasteiger partial charge in [-0.2, -0.15) is 0 Å². The maximum absolute atomic E-state index is 10.2. The molecule has 5 heteroatoms. The fraction of sp³-hybridized carbons (Fsp3) is 0.308. The number of aliphatic hydroxyl groups excluding tert-OH is 1. The number of halogens is 1. The third-order valence-corrected chi connectivity index (χ3v) is 3.81. The van der Waals surface area contributed by atoms with Gasteiger partial charge in [-0.1, -0.05) is 17.7 Å². The molecule has 1 N–H and O–H groups in total. The molecule has 0 amide bonds. The molecule has 0 fully saturated rings. The molecule has 2 aromatic rings. The Balaban J connectivity index is 2.20. The van der Waals surface area contributed by atoms with E-state index < -0.39 is 6.10 Å². The van der Waals surface area contributed by atoms with Gasteiger partial charge in [0.2, 0.25) is 0 Å². The van der Waals surface area contributed by atoms with E-state index in [1.54, 1.807) is 36.6 Å². The molecule has 0 aliphatic rings. The predicted octanol–water partition coefficient (Wildman–Crippen LogP) is 3.39. The first kappa shape index (κ1) is 13.3. The van der Waals surface area contributed by atoms with Crippen LogP contribution in [0.4, 0.5) is 0 Å². The van der Waals surface area contributed by atoms with Crippen LogP contribution in [0.5, 0.6) is 5.75 Å². The van der Waals surface area contributed by atoms with E-state index in [0.717, 1.165) is 16.3 Å². The standard InChI is InChI=1S/C13H14ClNO2S/c1-8-7-18-13(15-8)6-11(16)10-4-3-9(14)5-12(10)17-2/h3-5,7,11,16H,6H2,1-2H3. The summed E-state index contributed by atoms with van der Waals surface area (Å²) >= 11 is 7.44. The molecule has 2 rings (SSSR count). The summed E-state index contributed by atoms with van der Waals surface area (Å²) in [5.74, 6) is 0.600. The molecular formula is C13H14ClNO2S. The lowest BCUT2D eigenvalue weighted by molar-refractivity contribution is 0.174. The summed E-state index contributed by atoms with van der Waals surface area (Å²) in [6.07, 6.45) is -0.154. The third-order valence-electron chi connectivity index (χ3n) is 2.59. The number of methoxy groups -OCH3 is 1. The smallest absolute Gasteiger partial charge is 0.126 e. The van der Waals surface area contributed by atoms with Crippen molar-refractivity contribution in [3.05, 3.63) is 44.9 Å². The number of thiazole rings is 1. The van der Waals surface area contributed by atoms with Gasteiger partial charge in [-0.05, 0) is 19.1 Å². The van der Waals surface area contributed by atoms with E-state index in [9.17, 15) is 5.11 Å². The summed E-state index contributed by atoms with van der Waals surface area (Å²) in [6.45, 7) is 1.94. The minimum atomic E-state index is -0.636. The number of hydrogen-bond donors (Lipinski definition) is 1. The van der Waals surface area contributed by atoms with E-state index in [0.29, 0.717) is 17.2 Å². The van der Waals surface area contributed by atoms with Crippen molar-refractivity contribution in [3.63, 3.8) is 0 Å². The Bertz CT molecular complexity index is 542. The molecule has 1 heterocycles. The van der Waals surface area contributed by atoms with Crippen LogP contribution >= 0.6 is 22.9 Å². The van der Waals surface area contributed by atoms with Crippen LogP contribution in [0.15, 0.2) is 23.6 Å². The van der Waals surface area contributed by atoms with Crippen LogP contribution < -0.4 is 4.74 Å². The maximum atomic E-state index is 10.2. The van der Waals surface area contributed by atoms with E-state index in [1.165, 1.54) is 0 Å². The zero-order valence-electron chi connectivity index (χ0n) is 10.2. The highest BCUT2D eigenvalue weighted by atomic mass is 35.5. The van der Waals surface area contributed by atoms with Crippen molar-refractivity contribution in [2.45, 2.75) is 19.4 Å². The van der Waals surface area contributed by atoms with Crippen molar-refractivity contribution in [1.29, 1.82) is 0 Å². The zero-order valence-corrected chi connectivity index (χ0v) is 11.8. The number of aliphatic hydroxyl groups is 1. The third kappa shape index (κ3) is 3.02. The minimum Gasteiger partial charge on any atom is -0.496 e. The summed E-state index contributed by atoms with van der Waals surface area (Å²) in [4.78, 5) is 4.34. The van der Waals surface area contributed by atoms with Crippen LogP contribution in [0.1, 0.15) is 22.4 Å². The molecule has 1 unspecified atom stereocenters. The molecule has 0 aliphatic carbocycles. The number of ether oxygens (including phenoxy) is 1. The van der Waals surface area contributed by atoms with Gasteiger partial charge in [-0.3, -0.25) is 0 Å². The van der Waals surface area contributed by atoms with E-state index in [2.05, 4.69) is 4.98 Å². The van der Waals surface area contributed by atoms with Crippen LogP contribution in [-0.2, 0) is 6.42 Å². The first-order chi connectivity index (χ1) is 8.60. The predicted molar refractivity (Wildman–Crippen MR) is 73.5 cm³/mol. The normalized spacial score (nSPS) is 12.4. The van der Waals surface area contributed by atoms with Crippen LogP contribution in [0.3, 0.4) is 0 Å². The molecule has 1 atom stereocenters. The molecule has 1 aromatic heterocycles. The van der Waals surface area contributed by atoms with Gasteiger partial charge in [-0.15, -0.1) is 11.3 Å². The number of benzene rings is 1. The lowest BCUT2D eigenvalue weighted by Gasteiger charge is -2.13. The van der Waals surface area contributed by atoms with Crippen molar-refractivity contribution in [2.75, 3.05) is 7.11 Å². The first-order valence-corrected chi connectivity index (χ1v) is 6.78. The average molecular weight is 284 g/mol. The fourth-order valence-corrected chi connectivity index (χ4v) is 2.70. The highest BCUT2D eigenvalue weighted by molar-refractivity contribution is 7.09. The van der Waals surface area contributed by atoms with E-state index >= 15 is 0 Å². The molecule has 0 bridgehead atoms. The van der Waals surface area contributed by atoms with Crippen LogP contribution in [0.25, 0.3) is 0 Å². The Morgan fingerprint density at radius 1 is 1.50 bits per heavy atom. The Hall–Kier alpha value is -1.10. The molecule has 96 valence electrons. The van der Waals surface area contributed by atoms with E-state index in [-0.39, 0.29) is 0 Å². The number of nitrogens with zero attached hydrogens (tertiary/aromatic N) is 1. The monoisotopic (exact) mass is 283 g/mol. The highest BCUT2D eigenvalue weighted by Crippen LogP contribution is 2.30. The van der Waals surface area contributed by atoms with Crippen molar-refractivity contribution < 1.29 is 9.84 Å². The summed E-state index contributed by atoms with van der Waals surface area (Å²) in [6, 6.07) is 5.23. The van der Waals surface area contributed by atoms with Crippen LogP contribution in [0, 0.1) is 6.92 Å². The van der Waals surface area contributed by atoms with Gasteiger partial charge >= 0.3 is 0 Å². The van der Waals surface area contributed by atoms with Crippen molar-refractivity contribution in [1.82, 2.24) is 4.98 Å². The fourth-order valence-electron chi connectivity index (χ4n) is 1.73. The topological polar surface area (TPSA) is 42.4 Å². The molecule has 18 heavy (non-hydrogen) atoms. The molecule has 0 saturated carbocycles. The van der Waals surface area contributed by atoms with Gasteiger partial charge in [0, 0.05) is 28.1 Å². The van der Waals surface area contributed by atoms with Gasteiger partial charge in [0.05, 0.1) is 18.2 Å². The van der Waals surface area contributed by atoms with E-state index in [1.807, 2.05) is 12.3 Å². The Morgan fingerprint density at radius 2 is 2.28 bits per heavy atom. The zero-order chi connectivity index (χ0) is 13.1. The van der Waals surface area contributed by atoms with Gasteiger partial charge in [0.25, 0.3) is 0 Å². The molecule has 3 nitrogen and oxygen atoms in total. The molecule has 1 aromatic carbocycles. The number of rotatable bonds is 4. The van der Waals surface area contributed by atoms with Crippen molar-refractivity contribution in [2.24, 2.45) is 0 Å². The molecule has 0 aliphatic heterocycles. The number of aromatic nitrogens is 1. The first-order valence-electron chi connectivity index (χ1n) is 5.52. The highest BCUT2D eigenvalue weighted by Gasteiger charge is 2.15. The quantitative estimate of drug-likeness (QED) is 0.935. The Morgan fingerprint density at radius 3 is 2.89 bits per heavy atom. The minimum absolute atomic E-state index is 0.483. The second-order valence-corrected chi connectivity index (χ2v) is 5.37. The van der Waals surface area contributed by atoms with Crippen LogP contribution in [-0.4, -0.2) is 17.2 Å². The van der Waals surface area contributed by atoms with Gasteiger partial charge in [0.15, 0.2) is 0 Å². The second kappa shape index (κ2) is 5.69. The number of aryl methyl sites for hydroxylation is 1. The summed E-state index contributed by atoms with van der Waals surface area (Å²) in [5.41, 5.74) is 1.71. The summed E-state index contributed by atoms with van der Waals surface area (Å²) in [7, 11) is 1.56. The Labute approximate surface area is 115 Å². The lowest BCUT2D eigenvalue weighted by atomic mass is 10.1. The molecule has 0 radical (unpaired) electrons. The average Bonchev–Trinajstić information content (AvgIpc) is 2.74. The molecule has 0 spiro atoms.